The fourth-order valence-electron chi connectivity index (χ4n) is 0.852. The second kappa shape index (κ2) is 7.19. The van der Waals surface area contributed by atoms with Crippen LogP contribution >= 0.6 is 0 Å². The highest BCUT2D eigenvalue weighted by Crippen LogP contribution is 1.93. The van der Waals surface area contributed by atoms with E-state index in [1.807, 2.05) is 0 Å². The van der Waals surface area contributed by atoms with Crippen LogP contribution in [0.2, 0.25) is 0 Å². The Labute approximate surface area is 69.6 Å². The van der Waals surface area contributed by atoms with Gasteiger partial charge in [0.2, 0.25) is 0 Å². The highest BCUT2D eigenvalue weighted by atomic mass is 14.9. The lowest BCUT2D eigenvalue weighted by Gasteiger charge is -2.09. The summed E-state index contributed by atoms with van der Waals surface area (Å²) in [5.41, 5.74) is 0. The fourth-order valence-corrected chi connectivity index (χ4v) is 0.852. The molecule has 0 spiro atoms. The molecule has 0 radical (unpaired) electrons. The lowest BCUT2D eigenvalue weighted by molar-refractivity contribution is 0.571. The Hall–Kier alpha value is -0.920. The average molecular weight is 149 g/mol. The first-order chi connectivity index (χ1) is 5.35. The van der Waals surface area contributed by atoms with Gasteiger partial charge in [0.05, 0.1) is 6.04 Å². The van der Waals surface area contributed by atoms with Crippen LogP contribution in [0.25, 0.3) is 0 Å². The molecule has 60 valence electrons. The Kier molecular flexibility index (Phi) is 6.59. The van der Waals surface area contributed by atoms with Gasteiger partial charge in [-0.3, -0.25) is 0 Å². The van der Waals surface area contributed by atoms with Crippen LogP contribution in [0.4, 0.5) is 0 Å². The zero-order valence-electron chi connectivity index (χ0n) is 7.06. The van der Waals surface area contributed by atoms with Gasteiger partial charge in [0.15, 0.2) is 0 Å². The average Bonchev–Trinajstić information content (AvgIpc) is 2.03. The van der Waals surface area contributed by atoms with Crippen molar-refractivity contribution in [2.45, 2.75) is 32.2 Å². The van der Waals surface area contributed by atoms with E-state index < -0.39 is 0 Å². The topological polar surface area (TPSA) is 12.0 Å². The molecule has 0 aliphatic rings. The third-order valence-corrected chi connectivity index (χ3v) is 1.44. The van der Waals surface area contributed by atoms with Crippen molar-refractivity contribution in [2.75, 3.05) is 6.54 Å². The smallest absolute Gasteiger partial charge is 0.0687 e. The minimum absolute atomic E-state index is 0.202. The van der Waals surface area contributed by atoms with Gasteiger partial charge in [-0.2, -0.15) is 0 Å². The molecular formula is C10H15N. The molecule has 0 rings (SSSR count). The van der Waals surface area contributed by atoms with E-state index in [1.165, 1.54) is 0 Å². The minimum atomic E-state index is 0.202. The van der Waals surface area contributed by atoms with Gasteiger partial charge in [-0.05, 0) is 6.42 Å². The lowest BCUT2D eigenvalue weighted by atomic mass is 10.2. The summed E-state index contributed by atoms with van der Waals surface area (Å²) in [4.78, 5) is 0. The van der Waals surface area contributed by atoms with E-state index in [0.29, 0.717) is 0 Å². The number of nitrogens with one attached hydrogen (secondary N) is 1. The molecule has 1 atom stereocenters. The Morgan fingerprint density at radius 2 is 2.18 bits per heavy atom. The van der Waals surface area contributed by atoms with Crippen molar-refractivity contribution in [3.8, 4) is 24.7 Å². The van der Waals surface area contributed by atoms with Crippen molar-refractivity contribution < 1.29 is 0 Å². The standard InChI is InChI=1S/C10H15N/c1-4-7-9-11-10(6-3)8-5-2/h1,3,10-11H,5,7-9H2,2H3. The Balaban J connectivity index is 3.39. The maximum atomic E-state index is 5.28. The normalized spacial score (nSPS) is 11.5. The first-order valence-corrected chi connectivity index (χ1v) is 3.98. The predicted octanol–water partition coefficient (Wildman–Crippen LogP) is 1.40. The number of hydrogen-bond acceptors (Lipinski definition) is 1. The molecule has 0 saturated carbocycles. The van der Waals surface area contributed by atoms with E-state index in [2.05, 4.69) is 24.1 Å². The van der Waals surface area contributed by atoms with E-state index in [0.717, 1.165) is 25.8 Å². The highest BCUT2D eigenvalue weighted by Gasteiger charge is 1.99. The summed E-state index contributed by atoms with van der Waals surface area (Å²) in [5.74, 6) is 5.24. The maximum Gasteiger partial charge on any atom is 0.0687 e. The van der Waals surface area contributed by atoms with Gasteiger partial charge in [-0.25, -0.2) is 0 Å². The van der Waals surface area contributed by atoms with Gasteiger partial charge < -0.3 is 5.32 Å². The molecule has 0 heterocycles. The molecule has 0 aliphatic heterocycles. The van der Waals surface area contributed by atoms with E-state index in [1.54, 1.807) is 0 Å². The van der Waals surface area contributed by atoms with Crippen LogP contribution in [0.3, 0.4) is 0 Å². The van der Waals surface area contributed by atoms with E-state index in [4.69, 9.17) is 12.8 Å². The fraction of sp³-hybridized carbons (Fsp3) is 0.600. The van der Waals surface area contributed by atoms with Gasteiger partial charge in [0.1, 0.15) is 0 Å². The monoisotopic (exact) mass is 149 g/mol. The zero-order valence-corrected chi connectivity index (χ0v) is 7.06. The van der Waals surface area contributed by atoms with Crippen LogP contribution in [0.1, 0.15) is 26.2 Å². The molecule has 0 aromatic rings. The van der Waals surface area contributed by atoms with E-state index in [-0.39, 0.29) is 6.04 Å². The quantitative estimate of drug-likeness (QED) is 0.460. The van der Waals surface area contributed by atoms with Gasteiger partial charge in [0.25, 0.3) is 0 Å². The molecule has 0 saturated heterocycles. The van der Waals surface area contributed by atoms with Crippen molar-refractivity contribution in [3.63, 3.8) is 0 Å². The molecule has 11 heavy (non-hydrogen) atoms. The second-order valence-corrected chi connectivity index (χ2v) is 2.42. The molecule has 0 aromatic heterocycles. The summed E-state index contributed by atoms with van der Waals surface area (Å²) >= 11 is 0. The predicted molar refractivity (Wildman–Crippen MR) is 49.0 cm³/mol. The zero-order chi connectivity index (χ0) is 8.53. The molecule has 0 fully saturated rings. The van der Waals surface area contributed by atoms with Gasteiger partial charge >= 0.3 is 0 Å². The third kappa shape index (κ3) is 5.52. The number of terminal acetylenes is 2. The summed E-state index contributed by atoms with van der Waals surface area (Å²) in [6.07, 6.45) is 13.3. The molecular weight excluding hydrogens is 134 g/mol. The van der Waals surface area contributed by atoms with Crippen molar-refractivity contribution in [3.05, 3.63) is 0 Å². The van der Waals surface area contributed by atoms with Crippen LogP contribution in [0.15, 0.2) is 0 Å². The SMILES string of the molecule is C#CCCNC(C#C)CCC. The first kappa shape index (κ1) is 10.1. The summed E-state index contributed by atoms with van der Waals surface area (Å²) in [7, 11) is 0. The molecule has 1 heteroatoms. The Morgan fingerprint density at radius 1 is 1.45 bits per heavy atom. The number of hydrogen-bond donors (Lipinski definition) is 1. The van der Waals surface area contributed by atoms with Crippen molar-refractivity contribution in [1.82, 2.24) is 5.32 Å². The van der Waals surface area contributed by atoms with Crippen molar-refractivity contribution in [1.29, 1.82) is 0 Å². The van der Waals surface area contributed by atoms with Crippen molar-refractivity contribution in [2.24, 2.45) is 0 Å². The largest absolute Gasteiger partial charge is 0.303 e. The molecule has 1 nitrogen and oxygen atoms in total. The molecule has 0 amide bonds. The first-order valence-electron chi connectivity index (χ1n) is 3.98. The highest BCUT2D eigenvalue weighted by molar-refractivity contribution is 4.99. The molecule has 0 aliphatic carbocycles. The van der Waals surface area contributed by atoms with E-state index in [9.17, 15) is 0 Å². The Morgan fingerprint density at radius 3 is 2.64 bits per heavy atom. The molecule has 0 aromatic carbocycles. The summed E-state index contributed by atoms with van der Waals surface area (Å²) < 4.78 is 0. The number of rotatable bonds is 5. The second-order valence-electron chi connectivity index (χ2n) is 2.42. The van der Waals surface area contributed by atoms with Gasteiger partial charge in [-0.15, -0.1) is 18.8 Å². The van der Waals surface area contributed by atoms with Crippen LogP contribution in [-0.4, -0.2) is 12.6 Å². The lowest BCUT2D eigenvalue weighted by Crippen LogP contribution is -2.27. The molecule has 1 unspecified atom stereocenters. The van der Waals surface area contributed by atoms with Crippen LogP contribution in [-0.2, 0) is 0 Å². The maximum absolute atomic E-state index is 5.28. The van der Waals surface area contributed by atoms with Crippen LogP contribution < -0.4 is 5.32 Å². The van der Waals surface area contributed by atoms with Crippen LogP contribution in [0, 0.1) is 24.7 Å². The van der Waals surface area contributed by atoms with Gasteiger partial charge in [0, 0.05) is 13.0 Å². The Bertz CT molecular complexity index is 159. The molecule has 1 N–H and O–H groups in total. The summed E-state index contributed by atoms with van der Waals surface area (Å²) in [6, 6.07) is 0.202. The van der Waals surface area contributed by atoms with E-state index >= 15 is 0 Å². The third-order valence-electron chi connectivity index (χ3n) is 1.44. The molecule has 0 bridgehead atoms. The minimum Gasteiger partial charge on any atom is -0.303 e. The summed E-state index contributed by atoms with van der Waals surface area (Å²) in [5, 5.41) is 3.19. The van der Waals surface area contributed by atoms with Crippen molar-refractivity contribution >= 4 is 0 Å². The summed E-state index contributed by atoms with van der Waals surface area (Å²) in [6.45, 7) is 2.94. The van der Waals surface area contributed by atoms with Crippen LogP contribution in [0.5, 0.6) is 0 Å². The van der Waals surface area contributed by atoms with Gasteiger partial charge in [-0.1, -0.05) is 19.3 Å².